The largest absolute Gasteiger partial charge is 0.396 e. The third kappa shape index (κ3) is 3.49. The highest BCUT2D eigenvalue weighted by Crippen LogP contribution is 2.27. The van der Waals surface area contributed by atoms with Crippen molar-refractivity contribution in [1.82, 2.24) is 15.1 Å². The molecule has 0 aromatic carbocycles. The molecule has 0 saturated heterocycles. The average molecular weight is 264 g/mol. The number of aryl methyl sites for hydroxylation is 1. The van der Waals surface area contributed by atoms with E-state index in [1.54, 1.807) is 10.9 Å². The topological polar surface area (TPSA) is 72.9 Å². The van der Waals surface area contributed by atoms with Gasteiger partial charge in [0.2, 0.25) is 0 Å². The van der Waals surface area contributed by atoms with Crippen molar-refractivity contribution in [3.63, 3.8) is 0 Å². The minimum absolute atomic E-state index is 0.150. The summed E-state index contributed by atoms with van der Waals surface area (Å²) in [4.78, 5) is 12.0. The Balaban J connectivity index is 1.85. The molecule has 0 aliphatic heterocycles. The summed E-state index contributed by atoms with van der Waals surface area (Å²) in [5.74, 6) is 1.29. The maximum atomic E-state index is 12.0. The Morgan fingerprint density at radius 1 is 1.47 bits per heavy atom. The van der Waals surface area contributed by atoms with Crippen molar-refractivity contribution in [1.29, 1.82) is 0 Å². The van der Waals surface area contributed by atoms with Gasteiger partial charge in [-0.05, 0) is 31.6 Å². The predicted octanol–water partition coefficient (Wildman–Crippen LogP) is 2.04. The number of nitrogens with one attached hydrogen (secondary N) is 1. The zero-order valence-electron chi connectivity index (χ0n) is 11.9. The van der Waals surface area contributed by atoms with Gasteiger partial charge in [0.15, 0.2) is 5.69 Å². The van der Waals surface area contributed by atoms with E-state index < -0.39 is 0 Å². The van der Waals surface area contributed by atoms with Gasteiger partial charge in [0.25, 0.3) is 5.91 Å². The third-order valence-corrected chi connectivity index (χ3v) is 4.02. The van der Waals surface area contributed by atoms with Gasteiger partial charge in [0.1, 0.15) is 0 Å². The van der Waals surface area contributed by atoms with Gasteiger partial charge < -0.3 is 11.1 Å². The van der Waals surface area contributed by atoms with Gasteiger partial charge in [-0.3, -0.25) is 9.48 Å². The van der Waals surface area contributed by atoms with Crippen LogP contribution in [0.2, 0.25) is 0 Å². The SMILES string of the molecule is CCn1cc(N)c(C(=O)NCC2CCC(C)CC2)n1. The first-order valence-corrected chi connectivity index (χ1v) is 7.21. The number of carbonyl (C=O) groups is 1. The molecule has 0 unspecified atom stereocenters. The van der Waals surface area contributed by atoms with Crippen LogP contribution in [0.4, 0.5) is 5.69 Å². The maximum absolute atomic E-state index is 12.0. The van der Waals surface area contributed by atoms with E-state index in [1.807, 2.05) is 6.92 Å². The Kier molecular flexibility index (Phi) is 4.45. The molecular weight excluding hydrogens is 240 g/mol. The Morgan fingerprint density at radius 3 is 2.74 bits per heavy atom. The summed E-state index contributed by atoms with van der Waals surface area (Å²) in [6.45, 7) is 5.73. The van der Waals surface area contributed by atoms with E-state index in [0.717, 1.165) is 19.0 Å². The molecule has 0 atom stereocenters. The minimum atomic E-state index is -0.150. The van der Waals surface area contributed by atoms with Gasteiger partial charge in [-0.15, -0.1) is 0 Å². The number of amides is 1. The van der Waals surface area contributed by atoms with E-state index in [9.17, 15) is 4.79 Å². The standard InChI is InChI=1S/C14H24N4O/c1-3-18-9-12(15)13(17-18)14(19)16-8-11-6-4-10(2)5-7-11/h9-11H,3-8,15H2,1-2H3,(H,16,19). The van der Waals surface area contributed by atoms with Gasteiger partial charge in [-0.1, -0.05) is 19.8 Å². The van der Waals surface area contributed by atoms with Crippen LogP contribution in [-0.4, -0.2) is 22.2 Å². The lowest BCUT2D eigenvalue weighted by Gasteiger charge is -2.26. The fourth-order valence-electron chi connectivity index (χ4n) is 2.63. The van der Waals surface area contributed by atoms with Crippen LogP contribution in [0.25, 0.3) is 0 Å². The average Bonchev–Trinajstić information content (AvgIpc) is 2.79. The molecule has 1 fully saturated rings. The van der Waals surface area contributed by atoms with E-state index in [-0.39, 0.29) is 5.91 Å². The van der Waals surface area contributed by atoms with Crippen molar-refractivity contribution in [2.45, 2.75) is 46.1 Å². The molecule has 1 heterocycles. The molecule has 1 amide bonds. The lowest BCUT2D eigenvalue weighted by atomic mass is 9.83. The smallest absolute Gasteiger partial charge is 0.273 e. The van der Waals surface area contributed by atoms with E-state index in [0.29, 0.717) is 17.3 Å². The molecule has 0 spiro atoms. The Labute approximate surface area is 114 Å². The van der Waals surface area contributed by atoms with Crippen molar-refractivity contribution in [2.75, 3.05) is 12.3 Å². The summed E-state index contributed by atoms with van der Waals surface area (Å²) >= 11 is 0. The first-order chi connectivity index (χ1) is 9.10. The Bertz CT molecular complexity index is 433. The normalized spacial score (nSPS) is 23.3. The van der Waals surface area contributed by atoms with E-state index in [4.69, 9.17) is 5.73 Å². The van der Waals surface area contributed by atoms with Gasteiger partial charge in [-0.2, -0.15) is 5.10 Å². The van der Waals surface area contributed by atoms with Crippen molar-refractivity contribution in [2.24, 2.45) is 11.8 Å². The van der Waals surface area contributed by atoms with Crippen LogP contribution in [0.1, 0.15) is 50.0 Å². The highest BCUT2D eigenvalue weighted by molar-refractivity contribution is 5.96. The van der Waals surface area contributed by atoms with Crippen molar-refractivity contribution in [3.8, 4) is 0 Å². The monoisotopic (exact) mass is 264 g/mol. The van der Waals surface area contributed by atoms with Gasteiger partial charge in [0.05, 0.1) is 5.69 Å². The molecule has 0 bridgehead atoms. The van der Waals surface area contributed by atoms with Crippen LogP contribution in [0, 0.1) is 11.8 Å². The Morgan fingerprint density at radius 2 is 2.16 bits per heavy atom. The quantitative estimate of drug-likeness (QED) is 0.874. The van der Waals surface area contributed by atoms with Gasteiger partial charge in [-0.25, -0.2) is 0 Å². The molecule has 2 rings (SSSR count). The minimum Gasteiger partial charge on any atom is -0.396 e. The fraction of sp³-hybridized carbons (Fsp3) is 0.714. The molecule has 3 N–H and O–H groups in total. The van der Waals surface area contributed by atoms with E-state index in [1.165, 1.54) is 25.7 Å². The fourth-order valence-corrected chi connectivity index (χ4v) is 2.63. The van der Waals surface area contributed by atoms with Gasteiger partial charge in [0, 0.05) is 19.3 Å². The van der Waals surface area contributed by atoms with Crippen molar-refractivity contribution >= 4 is 11.6 Å². The molecule has 5 nitrogen and oxygen atoms in total. The molecule has 19 heavy (non-hydrogen) atoms. The number of hydrogen-bond acceptors (Lipinski definition) is 3. The van der Waals surface area contributed by atoms with E-state index in [2.05, 4.69) is 17.3 Å². The lowest BCUT2D eigenvalue weighted by Crippen LogP contribution is -2.31. The summed E-state index contributed by atoms with van der Waals surface area (Å²) in [5.41, 5.74) is 6.61. The molecule has 5 heteroatoms. The molecule has 1 aliphatic rings. The summed E-state index contributed by atoms with van der Waals surface area (Å²) in [7, 11) is 0. The molecular formula is C14H24N4O. The highest BCUT2D eigenvalue weighted by atomic mass is 16.2. The maximum Gasteiger partial charge on any atom is 0.273 e. The summed E-state index contributed by atoms with van der Waals surface area (Å²) in [6.07, 6.45) is 6.66. The van der Waals surface area contributed by atoms with Crippen LogP contribution in [0.3, 0.4) is 0 Å². The highest BCUT2D eigenvalue weighted by Gasteiger charge is 2.20. The molecule has 1 aromatic heterocycles. The number of nitrogens with zero attached hydrogens (tertiary/aromatic N) is 2. The summed E-state index contributed by atoms with van der Waals surface area (Å²) in [6, 6.07) is 0. The second kappa shape index (κ2) is 6.08. The van der Waals surface area contributed by atoms with Crippen molar-refractivity contribution < 1.29 is 4.79 Å². The van der Waals surface area contributed by atoms with Crippen LogP contribution in [-0.2, 0) is 6.54 Å². The zero-order valence-corrected chi connectivity index (χ0v) is 11.9. The first-order valence-electron chi connectivity index (χ1n) is 7.21. The molecule has 1 saturated carbocycles. The molecule has 1 aliphatic carbocycles. The second-order valence-corrected chi connectivity index (χ2v) is 5.62. The lowest BCUT2D eigenvalue weighted by molar-refractivity contribution is 0.0937. The van der Waals surface area contributed by atoms with Crippen molar-refractivity contribution in [3.05, 3.63) is 11.9 Å². The third-order valence-electron chi connectivity index (χ3n) is 4.02. The van der Waals surface area contributed by atoms with Gasteiger partial charge >= 0.3 is 0 Å². The first kappa shape index (κ1) is 13.9. The molecule has 0 radical (unpaired) electrons. The van der Waals surface area contributed by atoms with E-state index >= 15 is 0 Å². The molecule has 1 aromatic rings. The number of hydrogen-bond donors (Lipinski definition) is 2. The number of carbonyl (C=O) groups excluding carboxylic acids is 1. The van der Waals surface area contributed by atoms with Crippen LogP contribution in [0.5, 0.6) is 0 Å². The number of nitrogen functional groups attached to an aromatic ring is 1. The number of nitrogens with two attached hydrogens (primary N) is 1. The second-order valence-electron chi connectivity index (χ2n) is 5.62. The molecule has 106 valence electrons. The number of rotatable bonds is 4. The van der Waals surface area contributed by atoms with Crippen LogP contribution >= 0.6 is 0 Å². The Hall–Kier alpha value is -1.52. The number of aromatic nitrogens is 2. The summed E-state index contributed by atoms with van der Waals surface area (Å²) in [5, 5.41) is 7.15. The predicted molar refractivity (Wildman–Crippen MR) is 75.8 cm³/mol. The van der Waals surface area contributed by atoms with Crippen LogP contribution < -0.4 is 11.1 Å². The number of anilines is 1. The van der Waals surface area contributed by atoms with Crippen LogP contribution in [0.15, 0.2) is 6.20 Å². The zero-order chi connectivity index (χ0) is 13.8. The summed E-state index contributed by atoms with van der Waals surface area (Å²) < 4.78 is 1.69.